The number of halogens is 1. The number of aliphatic imine (C=N–C) groups is 1. The minimum absolute atomic E-state index is 0.0186. The lowest BCUT2D eigenvalue weighted by molar-refractivity contribution is -0.114. The van der Waals surface area contributed by atoms with Gasteiger partial charge in [-0.25, -0.2) is 12.8 Å². The molecule has 10 heteroatoms. The maximum Gasteiger partial charge on any atom is 0.244 e. The van der Waals surface area contributed by atoms with Crippen LogP contribution in [0.1, 0.15) is 0 Å². The van der Waals surface area contributed by atoms with E-state index in [1.807, 2.05) is 0 Å². The predicted octanol–water partition coefficient (Wildman–Crippen LogP) is 2.55. The lowest BCUT2D eigenvalue weighted by Crippen LogP contribution is -2.37. The highest BCUT2D eigenvalue weighted by atomic mass is 32.2. The molecule has 1 N–H and O–H groups in total. The van der Waals surface area contributed by atoms with Crippen LogP contribution in [0, 0.1) is 5.82 Å². The summed E-state index contributed by atoms with van der Waals surface area (Å²) in [6, 6.07) is 12.7. The van der Waals surface area contributed by atoms with Gasteiger partial charge in [0.15, 0.2) is 15.0 Å². The van der Waals surface area contributed by atoms with Crippen molar-refractivity contribution < 1.29 is 22.3 Å². The molecule has 0 bridgehead atoms. The largest absolute Gasteiger partial charge is 0.497 e. The number of nitrogens with zero attached hydrogens (tertiary/aromatic N) is 2. The Labute approximate surface area is 178 Å². The standard InChI is InChI=1S/C20H20FN3O4S2/c1-28-14-6-4-5-13(9-14)22-19(25)10-24(17-8-3-2-7-15(17)21)20-23-16-11-30(26,27)12-18(16)29-20/h2-9,16,18H,10-12H2,1H3,(H,22,25). The van der Waals surface area contributed by atoms with Crippen LogP contribution in [0.5, 0.6) is 5.75 Å². The monoisotopic (exact) mass is 449 g/mol. The van der Waals surface area contributed by atoms with Crippen LogP contribution in [-0.4, -0.2) is 55.9 Å². The lowest BCUT2D eigenvalue weighted by atomic mass is 10.2. The van der Waals surface area contributed by atoms with Crippen LogP contribution in [0.15, 0.2) is 53.5 Å². The number of thioether (sulfide) groups is 1. The van der Waals surface area contributed by atoms with Gasteiger partial charge in [0.1, 0.15) is 18.1 Å². The van der Waals surface area contributed by atoms with Crippen LogP contribution in [-0.2, 0) is 14.6 Å². The quantitative estimate of drug-likeness (QED) is 0.755. The number of anilines is 2. The maximum atomic E-state index is 14.5. The number of hydrogen-bond donors (Lipinski definition) is 1. The minimum Gasteiger partial charge on any atom is -0.497 e. The van der Waals surface area contributed by atoms with Crippen molar-refractivity contribution in [2.45, 2.75) is 11.3 Å². The predicted molar refractivity (Wildman–Crippen MR) is 117 cm³/mol. The molecule has 1 amide bonds. The zero-order chi connectivity index (χ0) is 21.3. The average Bonchev–Trinajstić information content (AvgIpc) is 3.20. The number of benzene rings is 2. The summed E-state index contributed by atoms with van der Waals surface area (Å²) in [6.07, 6.45) is 0. The highest BCUT2D eigenvalue weighted by Crippen LogP contribution is 2.37. The Morgan fingerprint density at radius 1 is 1.27 bits per heavy atom. The molecule has 30 heavy (non-hydrogen) atoms. The van der Waals surface area contributed by atoms with E-state index in [0.29, 0.717) is 16.6 Å². The second kappa shape index (κ2) is 8.27. The molecule has 1 saturated heterocycles. The fourth-order valence-electron chi connectivity index (χ4n) is 3.44. The van der Waals surface area contributed by atoms with Crippen molar-refractivity contribution in [3.8, 4) is 5.75 Å². The molecule has 0 spiro atoms. The summed E-state index contributed by atoms with van der Waals surface area (Å²) in [5.41, 5.74) is 0.768. The normalized spacial score (nSPS) is 21.6. The number of fused-ring (bicyclic) bond motifs is 1. The van der Waals surface area contributed by atoms with E-state index in [-0.39, 0.29) is 40.9 Å². The fourth-order valence-corrected chi connectivity index (χ4v) is 7.22. The summed E-state index contributed by atoms with van der Waals surface area (Å²) in [6.45, 7) is -0.170. The van der Waals surface area contributed by atoms with E-state index in [1.54, 1.807) is 42.5 Å². The Kier molecular flexibility index (Phi) is 5.70. The van der Waals surface area contributed by atoms with Gasteiger partial charge < -0.3 is 15.0 Å². The Balaban J connectivity index is 1.57. The zero-order valence-corrected chi connectivity index (χ0v) is 17.7. The summed E-state index contributed by atoms with van der Waals surface area (Å²) >= 11 is 1.28. The third-order valence-electron chi connectivity index (χ3n) is 4.83. The van der Waals surface area contributed by atoms with Gasteiger partial charge in [0.25, 0.3) is 0 Å². The Morgan fingerprint density at radius 2 is 2.07 bits per heavy atom. The number of carbonyl (C=O) groups excluding carboxylic acids is 1. The SMILES string of the molecule is COc1cccc(NC(=O)CN(C2=NC3CS(=O)(=O)CC3S2)c2ccccc2F)c1. The van der Waals surface area contributed by atoms with Crippen molar-refractivity contribution in [3.05, 3.63) is 54.3 Å². The fraction of sp³-hybridized carbons (Fsp3) is 0.300. The van der Waals surface area contributed by atoms with Gasteiger partial charge >= 0.3 is 0 Å². The Hall–Kier alpha value is -2.59. The van der Waals surface area contributed by atoms with Crippen LogP contribution in [0.4, 0.5) is 15.8 Å². The molecule has 4 rings (SSSR count). The van der Waals surface area contributed by atoms with Gasteiger partial charge in [-0.1, -0.05) is 30.0 Å². The van der Waals surface area contributed by atoms with E-state index in [2.05, 4.69) is 10.3 Å². The molecule has 2 aliphatic rings. The van der Waals surface area contributed by atoms with Gasteiger partial charge in [-0.05, 0) is 24.3 Å². The molecule has 158 valence electrons. The Bertz CT molecular complexity index is 1110. The highest BCUT2D eigenvalue weighted by molar-refractivity contribution is 8.15. The molecule has 2 aliphatic heterocycles. The van der Waals surface area contributed by atoms with Gasteiger partial charge in [0.2, 0.25) is 5.91 Å². The Morgan fingerprint density at radius 3 is 2.80 bits per heavy atom. The molecule has 2 heterocycles. The van der Waals surface area contributed by atoms with Gasteiger partial charge in [-0.2, -0.15) is 0 Å². The van der Waals surface area contributed by atoms with Gasteiger partial charge in [0, 0.05) is 17.0 Å². The number of amides is 1. The maximum absolute atomic E-state index is 14.5. The van der Waals surface area contributed by atoms with Gasteiger partial charge in [-0.15, -0.1) is 0 Å². The topological polar surface area (TPSA) is 88.1 Å². The third kappa shape index (κ3) is 4.44. The smallest absolute Gasteiger partial charge is 0.244 e. The summed E-state index contributed by atoms with van der Waals surface area (Å²) in [7, 11) is -1.57. The van der Waals surface area contributed by atoms with Crippen molar-refractivity contribution >= 4 is 44.0 Å². The first-order valence-electron chi connectivity index (χ1n) is 9.25. The average molecular weight is 450 g/mol. The molecule has 0 aliphatic carbocycles. The number of hydrogen-bond acceptors (Lipinski definition) is 7. The lowest BCUT2D eigenvalue weighted by Gasteiger charge is -2.24. The molecule has 7 nitrogen and oxygen atoms in total. The number of methoxy groups -OCH3 is 1. The van der Waals surface area contributed by atoms with Crippen molar-refractivity contribution in [1.29, 1.82) is 0 Å². The molecule has 2 aromatic carbocycles. The van der Waals surface area contributed by atoms with Crippen LogP contribution < -0.4 is 15.0 Å². The first kappa shape index (κ1) is 20.7. The first-order chi connectivity index (χ1) is 14.3. The number of para-hydroxylation sites is 1. The molecular weight excluding hydrogens is 429 g/mol. The second-order valence-electron chi connectivity index (χ2n) is 7.03. The summed E-state index contributed by atoms with van der Waals surface area (Å²) in [5.74, 6) is -0.228. The molecule has 0 aromatic heterocycles. The number of nitrogens with one attached hydrogen (secondary N) is 1. The van der Waals surface area contributed by atoms with E-state index in [9.17, 15) is 17.6 Å². The summed E-state index contributed by atoms with van der Waals surface area (Å²) < 4.78 is 43.4. The number of sulfone groups is 1. The minimum atomic E-state index is -3.11. The number of amidine groups is 1. The van der Waals surface area contributed by atoms with Crippen LogP contribution in [0.25, 0.3) is 0 Å². The van der Waals surface area contributed by atoms with E-state index in [4.69, 9.17) is 4.74 Å². The van der Waals surface area contributed by atoms with E-state index < -0.39 is 15.7 Å². The summed E-state index contributed by atoms with van der Waals surface area (Å²) in [4.78, 5) is 18.7. The van der Waals surface area contributed by atoms with E-state index >= 15 is 0 Å². The second-order valence-corrected chi connectivity index (χ2v) is 10.4. The number of ether oxygens (including phenoxy) is 1. The van der Waals surface area contributed by atoms with E-state index in [1.165, 1.54) is 29.8 Å². The molecular formula is C20H20FN3O4S2. The molecule has 2 aromatic rings. The van der Waals surface area contributed by atoms with Crippen molar-refractivity contribution in [2.24, 2.45) is 4.99 Å². The molecule has 0 radical (unpaired) electrons. The molecule has 1 fully saturated rings. The third-order valence-corrected chi connectivity index (χ3v) is 8.08. The molecule has 0 saturated carbocycles. The number of carbonyl (C=O) groups is 1. The molecule has 2 unspecified atom stereocenters. The highest BCUT2D eigenvalue weighted by Gasteiger charge is 2.44. The van der Waals surface area contributed by atoms with Gasteiger partial charge in [0.05, 0.1) is 30.3 Å². The first-order valence-corrected chi connectivity index (χ1v) is 12.0. The van der Waals surface area contributed by atoms with Crippen molar-refractivity contribution in [2.75, 3.05) is 35.4 Å². The van der Waals surface area contributed by atoms with Crippen LogP contribution in [0.3, 0.4) is 0 Å². The zero-order valence-electron chi connectivity index (χ0n) is 16.1. The van der Waals surface area contributed by atoms with Crippen molar-refractivity contribution in [3.63, 3.8) is 0 Å². The molecule has 2 atom stereocenters. The van der Waals surface area contributed by atoms with E-state index in [0.717, 1.165) is 0 Å². The van der Waals surface area contributed by atoms with Crippen LogP contribution in [0.2, 0.25) is 0 Å². The van der Waals surface area contributed by atoms with Crippen molar-refractivity contribution in [1.82, 2.24) is 0 Å². The van der Waals surface area contributed by atoms with Gasteiger partial charge in [-0.3, -0.25) is 9.79 Å². The summed E-state index contributed by atoms with van der Waals surface area (Å²) in [5, 5.41) is 3.02. The van der Waals surface area contributed by atoms with Crippen LogP contribution >= 0.6 is 11.8 Å². The number of rotatable bonds is 5.